The van der Waals surface area contributed by atoms with Gasteiger partial charge in [-0.25, -0.2) is 4.98 Å². The van der Waals surface area contributed by atoms with Gasteiger partial charge in [0.2, 0.25) is 0 Å². The zero-order chi connectivity index (χ0) is 13.4. The van der Waals surface area contributed by atoms with E-state index in [1.165, 1.54) is 4.88 Å². The van der Waals surface area contributed by atoms with E-state index in [1.807, 2.05) is 20.8 Å². The van der Waals surface area contributed by atoms with Gasteiger partial charge < -0.3 is 0 Å². The van der Waals surface area contributed by atoms with Crippen LogP contribution in [0.25, 0.3) is 10.2 Å². The third-order valence-corrected chi connectivity index (χ3v) is 5.01. The minimum atomic E-state index is 0.104. The minimum absolute atomic E-state index is 0.104. The average Bonchev–Trinajstić information content (AvgIpc) is 2.54. The van der Waals surface area contributed by atoms with E-state index in [0.29, 0.717) is 11.8 Å². The molecule has 0 aromatic carbocycles. The highest BCUT2D eigenvalue weighted by molar-refractivity contribution is 7.99. The van der Waals surface area contributed by atoms with E-state index in [-0.39, 0.29) is 5.56 Å². The Hall–Kier alpha value is -0.810. The summed E-state index contributed by atoms with van der Waals surface area (Å²) in [5, 5.41) is 2.06. The second-order valence-electron chi connectivity index (χ2n) is 4.57. The summed E-state index contributed by atoms with van der Waals surface area (Å²) in [6, 6.07) is 0. The van der Waals surface area contributed by atoms with Gasteiger partial charge in [-0.3, -0.25) is 9.36 Å². The number of thiophene rings is 1. The summed E-state index contributed by atoms with van der Waals surface area (Å²) in [5.41, 5.74) is 1.18. The van der Waals surface area contributed by atoms with Crippen molar-refractivity contribution in [2.75, 3.05) is 0 Å². The highest BCUT2D eigenvalue weighted by Crippen LogP contribution is 2.29. The number of rotatable bonds is 3. The second-order valence-corrected chi connectivity index (χ2v) is 7.32. The Balaban J connectivity index is 2.77. The molecule has 2 aromatic heterocycles. The highest BCUT2D eigenvalue weighted by atomic mass is 32.2. The van der Waals surface area contributed by atoms with Crippen LogP contribution in [-0.4, -0.2) is 14.8 Å². The standard InChI is InChI=1S/C13H18N2OS2/c1-6-15-12(16)10-8(4)9(5)18-11(10)14-13(15)17-7(2)3/h7H,6H2,1-5H3. The summed E-state index contributed by atoms with van der Waals surface area (Å²) in [7, 11) is 0. The van der Waals surface area contributed by atoms with Gasteiger partial charge in [0.1, 0.15) is 4.83 Å². The molecule has 0 spiro atoms. The van der Waals surface area contributed by atoms with Crippen LogP contribution < -0.4 is 5.56 Å². The fraction of sp³-hybridized carbons (Fsp3) is 0.538. The molecule has 0 aliphatic heterocycles. The lowest BCUT2D eigenvalue weighted by atomic mass is 10.2. The van der Waals surface area contributed by atoms with Crippen LogP contribution in [0, 0.1) is 13.8 Å². The minimum Gasteiger partial charge on any atom is -0.287 e. The van der Waals surface area contributed by atoms with E-state index in [9.17, 15) is 4.79 Å². The van der Waals surface area contributed by atoms with Gasteiger partial charge in [-0.2, -0.15) is 0 Å². The first kappa shape index (κ1) is 13.6. The number of nitrogens with zero attached hydrogens (tertiary/aromatic N) is 2. The van der Waals surface area contributed by atoms with Crippen molar-refractivity contribution >= 4 is 33.3 Å². The predicted octanol–water partition coefficient (Wildman–Crippen LogP) is 3.60. The van der Waals surface area contributed by atoms with Crippen LogP contribution in [0.2, 0.25) is 0 Å². The normalized spacial score (nSPS) is 11.7. The average molecular weight is 282 g/mol. The molecule has 0 N–H and O–H groups in total. The SMILES string of the molecule is CCn1c(SC(C)C)nc2sc(C)c(C)c2c1=O. The Morgan fingerprint density at radius 1 is 1.39 bits per heavy atom. The first-order valence-electron chi connectivity index (χ1n) is 6.12. The number of hydrogen-bond donors (Lipinski definition) is 0. The zero-order valence-electron chi connectivity index (χ0n) is 11.4. The van der Waals surface area contributed by atoms with Crippen LogP contribution in [0.1, 0.15) is 31.2 Å². The van der Waals surface area contributed by atoms with Gasteiger partial charge in [-0.05, 0) is 26.3 Å². The molecule has 0 saturated heterocycles. The van der Waals surface area contributed by atoms with E-state index in [4.69, 9.17) is 0 Å². The molecule has 0 saturated carbocycles. The van der Waals surface area contributed by atoms with Crippen molar-refractivity contribution in [1.82, 2.24) is 9.55 Å². The van der Waals surface area contributed by atoms with Crippen LogP contribution in [-0.2, 0) is 6.54 Å². The summed E-state index contributed by atoms with van der Waals surface area (Å²) in [6.07, 6.45) is 0. The molecule has 0 unspecified atom stereocenters. The highest BCUT2D eigenvalue weighted by Gasteiger charge is 2.16. The summed E-state index contributed by atoms with van der Waals surface area (Å²) in [6.45, 7) is 11.0. The van der Waals surface area contributed by atoms with Gasteiger partial charge in [0, 0.05) is 16.7 Å². The summed E-state index contributed by atoms with van der Waals surface area (Å²) < 4.78 is 1.78. The van der Waals surface area contributed by atoms with Crippen molar-refractivity contribution in [3.8, 4) is 0 Å². The molecule has 5 heteroatoms. The number of aryl methyl sites for hydroxylation is 2. The summed E-state index contributed by atoms with van der Waals surface area (Å²) in [4.78, 5) is 19.2. The molecule has 0 aliphatic rings. The summed E-state index contributed by atoms with van der Waals surface area (Å²) in [5.74, 6) is 0. The third-order valence-electron chi connectivity index (χ3n) is 2.91. The van der Waals surface area contributed by atoms with Crippen molar-refractivity contribution in [2.24, 2.45) is 0 Å². The molecule has 3 nitrogen and oxygen atoms in total. The third kappa shape index (κ3) is 2.21. The van der Waals surface area contributed by atoms with Crippen molar-refractivity contribution in [3.05, 3.63) is 20.8 Å². The Morgan fingerprint density at radius 3 is 2.61 bits per heavy atom. The molecule has 0 radical (unpaired) electrons. The lowest BCUT2D eigenvalue weighted by Gasteiger charge is -2.11. The molecular weight excluding hydrogens is 264 g/mol. The molecule has 0 fully saturated rings. The smallest absolute Gasteiger partial charge is 0.263 e. The topological polar surface area (TPSA) is 34.9 Å². The lowest BCUT2D eigenvalue weighted by molar-refractivity contribution is 0.634. The van der Waals surface area contributed by atoms with Crippen LogP contribution in [0.15, 0.2) is 9.95 Å². The largest absolute Gasteiger partial charge is 0.287 e. The maximum absolute atomic E-state index is 12.5. The molecule has 0 aliphatic carbocycles. The molecule has 18 heavy (non-hydrogen) atoms. The fourth-order valence-electron chi connectivity index (χ4n) is 1.89. The van der Waals surface area contributed by atoms with Crippen LogP contribution in [0.3, 0.4) is 0 Å². The Morgan fingerprint density at radius 2 is 2.06 bits per heavy atom. The molecule has 0 bridgehead atoms. The molecule has 98 valence electrons. The molecule has 2 rings (SSSR count). The Kier molecular flexibility index (Phi) is 3.82. The lowest BCUT2D eigenvalue weighted by Crippen LogP contribution is -2.22. The molecule has 2 aromatic rings. The molecule has 2 heterocycles. The van der Waals surface area contributed by atoms with Gasteiger partial charge in [0.15, 0.2) is 5.16 Å². The Bertz CT molecular complexity index is 640. The fourth-order valence-corrected chi connectivity index (χ4v) is 3.87. The van der Waals surface area contributed by atoms with E-state index < -0.39 is 0 Å². The number of fused-ring (bicyclic) bond motifs is 1. The molecular formula is C13H18N2OS2. The first-order chi connectivity index (χ1) is 8.45. The van der Waals surface area contributed by atoms with Gasteiger partial charge in [-0.15, -0.1) is 11.3 Å². The van der Waals surface area contributed by atoms with Gasteiger partial charge in [-0.1, -0.05) is 25.6 Å². The van der Waals surface area contributed by atoms with Crippen molar-refractivity contribution in [2.45, 2.75) is 51.6 Å². The molecule has 0 atom stereocenters. The zero-order valence-corrected chi connectivity index (χ0v) is 13.0. The number of aromatic nitrogens is 2. The summed E-state index contributed by atoms with van der Waals surface area (Å²) >= 11 is 3.27. The van der Waals surface area contributed by atoms with Gasteiger partial charge in [0.25, 0.3) is 5.56 Å². The maximum Gasteiger partial charge on any atom is 0.263 e. The number of hydrogen-bond acceptors (Lipinski definition) is 4. The van der Waals surface area contributed by atoms with Crippen LogP contribution in [0.4, 0.5) is 0 Å². The first-order valence-corrected chi connectivity index (χ1v) is 7.82. The van der Waals surface area contributed by atoms with Crippen molar-refractivity contribution in [1.29, 1.82) is 0 Å². The van der Waals surface area contributed by atoms with E-state index in [2.05, 4.69) is 18.8 Å². The van der Waals surface area contributed by atoms with Crippen molar-refractivity contribution < 1.29 is 0 Å². The predicted molar refractivity (Wildman–Crippen MR) is 80.0 cm³/mol. The van der Waals surface area contributed by atoms with Crippen LogP contribution >= 0.6 is 23.1 Å². The van der Waals surface area contributed by atoms with E-state index >= 15 is 0 Å². The van der Waals surface area contributed by atoms with E-state index in [1.54, 1.807) is 27.7 Å². The van der Waals surface area contributed by atoms with Gasteiger partial charge >= 0.3 is 0 Å². The number of thioether (sulfide) groups is 1. The monoisotopic (exact) mass is 282 g/mol. The second kappa shape index (κ2) is 5.05. The quantitative estimate of drug-likeness (QED) is 0.637. The van der Waals surface area contributed by atoms with Gasteiger partial charge in [0.05, 0.1) is 5.39 Å². The Labute approximate surface area is 115 Å². The van der Waals surface area contributed by atoms with E-state index in [0.717, 1.165) is 20.9 Å². The molecule has 0 amide bonds. The maximum atomic E-state index is 12.5. The van der Waals surface area contributed by atoms with Crippen molar-refractivity contribution in [3.63, 3.8) is 0 Å². The van der Waals surface area contributed by atoms with Crippen LogP contribution in [0.5, 0.6) is 0 Å².